The van der Waals surface area contributed by atoms with Crippen LogP contribution in [0.5, 0.6) is 17.2 Å². The Labute approximate surface area is 229 Å². The molecule has 5 rings (SSSR count). The number of aliphatic hydroxyl groups excluding tert-OH is 1. The maximum atomic E-state index is 13.0. The van der Waals surface area contributed by atoms with Crippen LogP contribution in [0.4, 0.5) is 5.69 Å². The minimum absolute atomic E-state index is 0.134. The number of nitrogens with zero attached hydrogens (tertiary/aromatic N) is 2. The zero-order valence-corrected chi connectivity index (χ0v) is 23.1. The van der Waals surface area contributed by atoms with E-state index in [-0.39, 0.29) is 17.8 Å². The molecule has 7 nitrogen and oxygen atoms in total. The molecule has 1 fully saturated rings. The van der Waals surface area contributed by atoms with Gasteiger partial charge >= 0.3 is 0 Å². The molecule has 1 N–H and O–H groups in total. The molecule has 0 saturated carbocycles. The summed E-state index contributed by atoms with van der Waals surface area (Å²) in [6.45, 7) is 12.6. The summed E-state index contributed by atoms with van der Waals surface area (Å²) in [5.41, 5.74) is 6.19. The normalized spacial score (nSPS) is 14.9. The van der Waals surface area contributed by atoms with Crippen LogP contribution in [-0.4, -0.2) is 55.4 Å². The van der Waals surface area contributed by atoms with Crippen LogP contribution < -0.4 is 19.8 Å². The van der Waals surface area contributed by atoms with Gasteiger partial charge in [-0.3, -0.25) is 9.69 Å². The number of β-amino-alcohol motifs (C(OH)–C–C–N with tert-alkyl or cyclic N) is 1. The number of hydrogen-bond acceptors (Lipinski definition) is 7. The van der Waals surface area contributed by atoms with Crippen molar-refractivity contribution in [3.05, 3.63) is 93.3 Å². The van der Waals surface area contributed by atoms with Crippen molar-refractivity contribution in [3.8, 4) is 17.2 Å². The van der Waals surface area contributed by atoms with E-state index in [9.17, 15) is 9.90 Å². The van der Waals surface area contributed by atoms with Crippen molar-refractivity contribution in [1.29, 1.82) is 0 Å². The topological polar surface area (TPSA) is 75.4 Å². The maximum absolute atomic E-state index is 13.0. The summed E-state index contributed by atoms with van der Waals surface area (Å²) in [5.74, 6) is 1.27. The highest BCUT2D eigenvalue weighted by Gasteiger charge is 2.21. The molecule has 0 aliphatic carbocycles. The van der Waals surface area contributed by atoms with Gasteiger partial charge in [0.25, 0.3) is 0 Å². The first-order valence-electron chi connectivity index (χ1n) is 13.4. The number of hydrogen-bond donors (Lipinski definition) is 1. The van der Waals surface area contributed by atoms with Crippen LogP contribution in [0.15, 0.2) is 70.1 Å². The van der Waals surface area contributed by atoms with Crippen LogP contribution in [0.3, 0.4) is 0 Å². The molecule has 0 spiro atoms. The number of aryl methyl sites for hydroxylation is 4. The van der Waals surface area contributed by atoms with Crippen molar-refractivity contribution in [1.82, 2.24) is 4.90 Å². The summed E-state index contributed by atoms with van der Waals surface area (Å²) in [7, 11) is 0. The molecule has 4 aromatic rings. The molecule has 2 heterocycles. The Morgan fingerprint density at radius 2 is 1.59 bits per heavy atom. The van der Waals surface area contributed by atoms with Crippen molar-refractivity contribution in [2.24, 2.45) is 0 Å². The second-order valence-corrected chi connectivity index (χ2v) is 10.5. The number of benzene rings is 3. The molecule has 0 radical (unpaired) electrons. The Balaban J connectivity index is 1.16. The number of fused-ring (bicyclic) bond motifs is 1. The summed E-state index contributed by atoms with van der Waals surface area (Å²) in [4.78, 5) is 17.7. The van der Waals surface area contributed by atoms with E-state index in [0.29, 0.717) is 29.0 Å². The fourth-order valence-corrected chi connectivity index (χ4v) is 5.37. The first kappa shape index (κ1) is 26.8. The molecule has 0 amide bonds. The third kappa shape index (κ3) is 6.27. The van der Waals surface area contributed by atoms with Gasteiger partial charge in [-0.2, -0.15) is 0 Å². The molecule has 0 unspecified atom stereocenters. The first-order chi connectivity index (χ1) is 18.8. The Morgan fingerprint density at radius 1 is 0.897 bits per heavy atom. The predicted molar refractivity (Wildman–Crippen MR) is 155 cm³/mol. The molecule has 1 saturated heterocycles. The fourth-order valence-electron chi connectivity index (χ4n) is 5.37. The maximum Gasteiger partial charge on any atom is 0.235 e. The van der Waals surface area contributed by atoms with Gasteiger partial charge in [-0.1, -0.05) is 24.3 Å². The molecule has 204 valence electrons. The predicted octanol–water partition coefficient (Wildman–Crippen LogP) is 5.38. The minimum atomic E-state index is -0.631. The number of anilines is 1. The average molecular weight is 529 g/mol. The molecule has 1 aromatic heterocycles. The third-order valence-corrected chi connectivity index (χ3v) is 7.18. The standard InChI is InChI=1S/C32H36N2O5/c1-21-14-22(2)16-27(15-21)39-30-20-38-29-17-26(8-9-28(29)32(30)36)37-19-25(35)18-33-10-12-34(13-11-33)31-23(3)6-5-7-24(31)4/h5-9,14-17,20,25,35H,10-13,18-19H2,1-4H3/t25-/m0/s1. The molecule has 1 aliphatic rings. The van der Waals surface area contributed by atoms with Crippen LogP contribution >= 0.6 is 0 Å². The van der Waals surface area contributed by atoms with Gasteiger partial charge in [0.2, 0.25) is 11.2 Å². The molecule has 1 aliphatic heterocycles. The monoisotopic (exact) mass is 528 g/mol. The van der Waals surface area contributed by atoms with Crippen LogP contribution in [-0.2, 0) is 0 Å². The smallest absolute Gasteiger partial charge is 0.235 e. The van der Waals surface area contributed by atoms with Gasteiger partial charge in [0.1, 0.15) is 36.1 Å². The number of piperazine rings is 1. The molecular weight excluding hydrogens is 492 g/mol. The number of para-hydroxylation sites is 1. The van der Waals surface area contributed by atoms with E-state index in [4.69, 9.17) is 13.9 Å². The molecule has 0 bridgehead atoms. The zero-order valence-electron chi connectivity index (χ0n) is 23.1. The van der Waals surface area contributed by atoms with Gasteiger partial charge < -0.3 is 23.9 Å². The summed E-state index contributed by atoms with van der Waals surface area (Å²) in [6.07, 6.45) is 0.701. The van der Waals surface area contributed by atoms with Crippen LogP contribution in [0.1, 0.15) is 22.3 Å². The second-order valence-electron chi connectivity index (χ2n) is 10.5. The molecular formula is C32H36N2O5. The van der Waals surface area contributed by atoms with Gasteiger partial charge in [-0.05, 0) is 74.2 Å². The Morgan fingerprint density at radius 3 is 2.28 bits per heavy atom. The fraction of sp³-hybridized carbons (Fsp3) is 0.344. The van der Waals surface area contributed by atoms with Crippen molar-refractivity contribution in [3.63, 3.8) is 0 Å². The lowest BCUT2D eigenvalue weighted by Crippen LogP contribution is -2.49. The van der Waals surface area contributed by atoms with Gasteiger partial charge in [0, 0.05) is 44.5 Å². The molecule has 3 aromatic carbocycles. The van der Waals surface area contributed by atoms with Gasteiger partial charge in [0.15, 0.2) is 0 Å². The second kappa shape index (κ2) is 11.5. The Hall–Kier alpha value is -3.81. The first-order valence-corrected chi connectivity index (χ1v) is 13.4. The quantitative estimate of drug-likeness (QED) is 0.329. The lowest BCUT2D eigenvalue weighted by molar-refractivity contribution is 0.0663. The molecule has 7 heteroatoms. The van der Waals surface area contributed by atoms with E-state index >= 15 is 0 Å². The zero-order chi connectivity index (χ0) is 27.5. The van der Waals surface area contributed by atoms with E-state index in [1.807, 2.05) is 32.0 Å². The van der Waals surface area contributed by atoms with E-state index in [1.165, 1.54) is 23.1 Å². The molecule has 1 atom stereocenters. The summed E-state index contributed by atoms with van der Waals surface area (Å²) in [6, 6.07) is 17.3. The van der Waals surface area contributed by atoms with Crippen LogP contribution in [0.2, 0.25) is 0 Å². The highest BCUT2D eigenvalue weighted by atomic mass is 16.5. The summed E-state index contributed by atoms with van der Waals surface area (Å²) < 4.78 is 17.4. The highest BCUT2D eigenvalue weighted by molar-refractivity contribution is 5.79. The van der Waals surface area contributed by atoms with Crippen LogP contribution in [0.25, 0.3) is 11.0 Å². The number of rotatable bonds is 8. The number of aliphatic hydroxyl groups is 1. The summed E-state index contributed by atoms with van der Waals surface area (Å²) >= 11 is 0. The Bertz CT molecular complexity index is 1480. The lowest BCUT2D eigenvalue weighted by atomic mass is 10.1. The molecule has 39 heavy (non-hydrogen) atoms. The van der Waals surface area contributed by atoms with Gasteiger partial charge in [-0.25, -0.2) is 0 Å². The Kier molecular flexibility index (Phi) is 7.91. The van der Waals surface area contributed by atoms with E-state index < -0.39 is 6.10 Å². The van der Waals surface area contributed by atoms with Crippen molar-refractivity contribution in [2.45, 2.75) is 33.8 Å². The minimum Gasteiger partial charge on any atom is -0.491 e. The van der Waals surface area contributed by atoms with E-state index in [0.717, 1.165) is 37.3 Å². The van der Waals surface area contributed by atoms with Crippen molar-refractivity contribution < 1.29 is 19.0 Å². The summed E-state index contributed by atoms with van der Waals surface area (Å²) in [5, 5.41) is 11.0. The number of ether oxygens (including phenoxy) is 2. The van der Waals surface area contributed by atoms with Gasteiger partial charge in [0.05, 0.1) is 5.39 Å². The van der Waals surface area contributed by atoms with Gasteiger partial charge in [-0.15, -0.1) is 0 Å². The largest absolute Gasteiger partial charge is 0.491 e. The van der Waals surface area contributed by atoms with Crippen LogP contribution in [0, 0.1) is 27.7 Å². The SMILES string of the molecule is Cc1cc(C)cc(Oc2coc3cc(OC[C@@H](O)CN4CCN(c5c(C)cccc5C)CC4)ccc3c2=O)c1. The van der Waals surface area contributed by atoms with Crippen molar-refractivity contribution >= 4 is 16.7 Å². The van der Waals surface area contributed by atoms with E-state index in [1.54, 1.807) is 18.2 Å². The lowest BCUT2D eigenvalue weighted by Gasteiger charge is -2.38. The highest BCUT2D eigenvalue weighted by Crippen LogP contribution is 2.27. The van der Waals surface area contributed by atoms with E-state index in [2.05, 4.69) is 41.8 Å². The van der Waals surface area contributed by atoms with Crippen molar-refractivity contribution in [2.75, 3.05) is 44.2 Å². The third-order valence-electron chi connectivity index (χ3n) is 7.18. The average Bonchev–Trinajstić information content (AvgIpc) is 2.89.